The Kier molecular flexibility index (Phi) is 6.86. The highest BCUT2D eigenvalue weighted by atomic mass is 15.0. The van der Waals surface area contributed by atoms with Crippen molar-refractivity contribution in [3.05, 3.63) is 186 Å². The lowest BCUT2D eigenvalue weighted by molar-refractivity contribution is -0.00512. The van der Waals surface area contributed by atoms with Crippen LogP contribution >= 0.6 is 0 Å². The summed E-state index contributed by atoms with van der Waals surface area (Å²) in [6.45, 7) is 2.30. The Hall–Kier alpha value is -5.66. The molecule has 0 spiro atoms. The number of benzene rings is 7. The SMILES string of the molecule is Cc1cccc2c1c1cc(C34CC5CC(CC(C5)C3)C4)ccc1n2-c1ccccc1-c1ccc(-c2cccc3c2C(c2ccccc2)c2ccccc2-3)cc1. The predicted octanol–water partition coefficient (Wildman–Crippen LogP) is 14.1. The lowest BCUT2D eigenvalue weighted by Crippen LogP contribution is -2.48. The Morgan fingerprint density at radius 2 is 1.13 bits per heavy atom. The van der Waals surface area contributed by atoms with E-state index < -0.39 is 0 Å². The van der Waals surface area contributed by atoms with E-state index in [1.54, 1.807) is 5.56 Å². The van der Waals surface area contributed by atoms with Crippen LogP contribution in [0, 0.1) is 24.7 Å². The maximum atomic E-state index is 2.63. The summed E-state index contributed by atoms with van der Waals surface area (Å²) in [5, 5.41) is 2.82. The van der Waals surface area contributed by atoms with Gasteiger partial charge in [0.15, 0.2) is 0 Å². The first kappa shape index (κ1) is 31.7. The standard InChI is InChI=1S/C54H45N/c1-34-11-9-20-50-51(34)47-30-41(54-31-35-27-36(32-54)29-37(28-35)33-54)25-26-49(47)55(50)48-19-8-7-14-42(48)38-21-23-39(24-22-38)43-17-10-18-46-44-15-5-6-16-45(44)52(53(43)46)40-12-3-2-4-13-40/h2-26,30,35-37,52H,27-29,31-33H2,1H3. The van der Waals surface area contributed by atoms with E-state index in [2.05, 4.69) is 169 Å². The minimum Gasteiger partial charge on any atom is -0.309 e. The molecule has 7 aromatic carbocycles. The van der Waals surface area contributed by atoms with Gasteiger partial charge in [-0.1, -0.05) is 133 Å². The van der Waals surface area contributed by atoms with Crippen molar-refractivity contribution in [3.8, 4) is 39.1 Å². The largest absolute Gasteiger partial charge is 0.309 e. The van der Waals surface area contributed by atoms with Crippen molar-refractivity contribution in [2.24, 2.45) is 17.8 Å². The highest BCUT2D eigenvalue weighted by Gasteiger charge is 2.51. The van der Waals surface area contributed by atoms with Crippen LogP contribution in [0.25, 0.3) is 60.9 Å². The van der Waals surface area contributed by atoms with Crippen molar-refractivity contribution >= 4 is 21.8 Å². The molecule has 8 aromatic rings. The van der Waals surface area contributed by atoms with E-state index in [0.29, 0.717) is 5.41 Å². The first-order valence-electron chi connectivity index (χ1n) is 20.6. The number of rotatable bonds is 5. The molecule has 0 aliphatic heterocycles. The van der Waals surface area contributed by atoms with Gasteiger partial charge in [-0.15, -0.1) is 0 Å². The quantitative estimate of drug-likeness (QED) is 0.168. The molecule has 0 saturated heterocycles. The van der Waals surface area contributed by atoms with E-state index in [1.165, 1.54) is 122 Å². The number of para-hydroxylation sites is 1. The van der Waals surface area contributed by atoms with Crippen LogP contribution in [0.3, 0.4) is 0 Å². The molecule has 4 saturated carbocycles. The van der Waals surface area contributed by atoms with Gasteiger partial charge in [0, 0.05) is 22.3 Å². The number of fused-ring (bicyclic) bond motifs is 6. The third kappa shape index (κ3) is 4.72. The lowest BCUT2D eigenvalue weighted by Gasteiger charge is -2.57. The molecule has 1 aromatic heterocycles. The molecule has 13 rings (SSSR count). The van der Waals surface area contributed by atoms with Crippen LogP contribution in [0.2, 0.25) is 0 Å². The minimum atomic E-state index is 0.214. The molecule has 1 heteroatoms. The second-order valence-corrected chi connectivity index (χ2v) is 17.5. The fourth-order valence-electron chi connectivity index (χ4n) is 12.5. The number of nitrogens with zero attached hydrogens (tertiary/aromatic N) is 1. The van der Waals surface area contributed by atoms with E-state index in [-0.39, 0.29) is 5.92 Å². The van der Waals surface area contributed by atoms with Gasteiger partial charge in [0.2, 0.25) is 0 Å². The topological polar surface area (TPSA) is 4.93 Å². The molecule has 266 valence electrons. The summed E-state index contributed by atoms with van der Waals surface area (Å²) in [6.07, 6.45) is 8.63. The molecule has 0 amide bonds. The van der Waals surface area contributed by atoms with Gasteiger partial charge in [-0.2, -0.15) is 0 Å². The Balaban J connectivity index is 0.973. The van der Waals surface area contributed by atoms with Crippen molar-refractivity contribution in [2.75, 3.05) is 0 Å². The fourth-order valence-corrected chi connectivity index (χ4v) is 12.5. The zero-order valence-electron chi connectivity index (χ0n) is 31.5. The van der Waals surface area contributed by atoms with E-state index in [0.717, 1.165) is 17.8 Å². The number of hydrogen-bond acceptors (Lipinski definition) is 0. The maximum Gasteiger partial charge on any atom is 0.0543 e. The highest BCUT2D eigenvalue weighted by molar-refractivity contribution is 6.11. The van der Waals surface area contributed by atoms with Crippen LogP contribution in [-0.2, 0) is 5.41 Å². The van der Waals surface area contributed by atoms with Crippen LogP contribution in [0.5, 0.6) is 0 Å². The lowest BCUT2D eigenvalue weighted by atomic mass is 9.48. The van der Waals surface area contributed by atoms with Gasteiger partial charge in [-0.3, -0.25) is 0 Å². The molecule has 1 nitrogen and oxygen atoms in total. The average Bonchev–Trinajstić information content (AvgIpc) is 3.74. The normalized spacial score (nSPS) is 23.4. The summed E-state index contributed by atoms with van der Waals surface area (Å²) in [5.41, 5.74) is 19.1. The molecule has 1 unspecified atom stereocenters. The molecule has 4 bridgehead atoms. The Morgan fingerprint density at radius 1 is 0.509 bits per heavy atom. The molecule has 1 atom stereocenters. The number of hydrogen-bond donors (Lipinski definition) is 0. The van der Waals surface area contributed by atoms with Gasteiger partial charge >= 0.3 is 0 Å². The van der Waals surface area contributed by atoms with E-state index in [9.17, 15) is 0 Å². The molecule has 55 heavy (non-hydrogen) atoms. The maximum absolute atomic E-state index is 2.63. The second-order valence-electron chi connectivity index (χ2n) is 17.5. The van der Waals surface area contributed by atoms with Gasteiger partial charge in [-0.05, 0) is 149 Å². The summed E-state index contributed by atoms with van der Waals surface area (Å²) in [4.78, 5) is 0. The highest BCUT2D eigenvalue weighted by Crippen LogP contribution is 2.61. The Bertz CT molecular complexity index is 2760. The summed E-state index contributed by atoms with van der Waals surface area (Å²) in [7, 11) is 0. The smallest absolute Gasteiger partial charge is 0.0543 e. The summed E-state index contributed by atoms with van der Waals surface area (Å²) in [5.74, 6) is 3.03. The number of aryl methyl sites for hydroxylation is 1. The zero-order valence-corrected chi connectivity index (χ0v) is 31.5. The molecule has 5 aliphatic carbocycles. The third-order valence-corrected chi connectivity index (χ3v) is 14.4. The van der Waals surface area contributed by atoms with Gasteiger partial charge < -0.3 is 4.57 Å². The van der Waals surface area contributed by atoms with Crippen molar-refractivity contribution in [1.29, 1.82) is 0 Å². The molecule has 1 heterocycles. The molecule has 4 fully saturated rings. The van der Waals surface area contributed by atoms with Crippen molar-refractivity contribution in [3.63, 3.8) is 0 Å². The third-order valence-electron chi connectivity index (χ3n) is 14.4. The summed E-state index contributed by atoms with van der Waals surface area (Å²) >= 11 is 0. The van der Waals surface area contributed by atoms with E-state index >= 15 is 0 Å². The molecular formula is C54H45N. The molecule has 5 aliphatic rings. The predicted molar refractivity (Wildman–Crippen MR) is 229 cm³/mol. The molecule has 0 N–H and O–H groups in total. The van der Waals surface area contributed by atoms with Crippen molar-refractivity contribution in [2.45, 2.75) is 56.8 Å². The zero-order chi connectivity index (χ0) is 36.3. The van der Waals surface area contributed by atoms with Crippen molar-refractivity contribution in [1.82, 2.24) is 4.57 Å². The summed E-state index contributed by atoms with van der Waals surface area (Å²) < 4.78 is 2.55. The first-order chi connectivity index (χ1) is 27.1. The van der Waals surface area contributed by atoms with Crippen LogP contribution in [-0.4, -0.2) is 4.57 Å². The molecular weight excluding hydrogens is 663 g/mol. The average molecular weight is 708 g/mol. The van der Waals surface area contributed by atoms with E-state index in [4.69, 9.17) is 0 Å². The first-order valence-corrected chi connectivity index (χ1v) is 20.6. The number of aromatic nitrogens is 1. The Labute approximate surface area is 324 Å². The van der Waals surface area contributed by atoms with Crippen LogP contribution in [0.4, 0.5) is 0 Å². The van der Waals surface area contributed by atoms with Crippen LogP contribution < -0.4 is 0 Å². The fraction of sp³-hybridized carbons (Fsp3) is 0.222. The van der Waals surface area contributed by atoms with E-state index in [1.807, 2.05) is 0 Å². The van der Waals surface area contributed by atoms with Crippen LogP contribution in [0.1, 0.15) is 72.3 Å². The van der Waals surface area contributed by atoms with Gasteiger partial charge in [-0.25, -0.2) is 0 Å². The monoisotopic (exact) mass is 707 g/mol. The summed E-state index contributed by atoms with van der Waals surface area (Å²) in [6, 6.07) is 59.8. The minimum absolute atomic E-state index is 0.214. The molecule has 0 radical (unpaired) electrons. The van der Waals surface area contributed by atoms with Gasteiger partial charge in [0.25, 0.3) is 0 Å². The van der Waals surface area contributed by atoms with Gasteiger partial charge in [0.05, 0.1) is 16.7 Å². The van der Waals surface area contributed by atoms with Gasteiger partial charge in [0.1, 0.15) is 0 Å². The van der Waals surface area contributed by atoms with Crippen molar-refractivity contribution < 1.29 is 0 Å². The Morgan fingerprint density at radius 3 is 1.89 bits per heavy atom. The second kappa shape index (κ2) is 11.9. The van der Waals surface area contributed by atoms with Crippen LogP contribution in [0.15, 0.2) is 158 Å².